The number of hydrogen-bond acceptors (Lipinski definition) is 2. The molecule has 0 aromatic carbocycles. The minimum atomic E-state index is 0.572. The largest absolute Gasteiger partial charge is 0.378 e. The molecule has 0 spiro atoms. The third-order valence-corrected chi connectivity index (χ3v) is 4.85. The van der Waals surface area contributed by atoms with E-state index >= 15 is 0 Å². The molecule has 0 bridgehead atoms. The van der Waals surface area contributed by atoms with Crippen LogP contribution in [0.5, 0.6) is 0 Å². The van der Waals surface area contributed by atoms with Crippen LogP contribution in [0.1, 0.15) is 89.9 Å². The molecule has 0 amide bonds. The van der Waals surface area contributed by atoms with Gasteiger partial charge in [0.05, 0.1) is 12.2 Å². The summed E-state index contributed by atoms with van der Waals surface area (Å²) in [6, 6.07) is 0. The molecule has 2 heterocycles. The Labute approximate surface area is 125 Å². The number of hydrogen-bond donors (Lipinski definition) is 0. The van der Waals surface area contributed by atoms with Crippen molar-refractivity contribution in [3.8, 4) is 0 Å². The van der Waals surface area contributed by atoms with Crippen LogP contribution in [0.25, 0.3) is 0 Å². The maximum Gasteiger partial charge on any atom is 0.0575 e. The third-order valence-electron chi connectivity index (χ3n) is 4.85. The standard InChI is InChI=1S/C18H34O2/c1(5-11-17-13-7-3-9-15-19-17)2-6-12-18-14-8-4-10-16-20-18/h17-18H,1-16H2. The molecule has 2 saturated heterocycles. The molecule has 2 heteroatoms. The summed E-state index contributed by atoms with van der Waals surface area (Å²) in [7, 11) is 0. The lowest BCUT2D eigenvalue weighted by atomic mass is 10.0. The van der Waals surface area contributed by atoms with Gasteiger partial charge in [-0.2, -0.15) is 0 Å². The van der Waals surface area contributed by atoms with E-state index in [0.29, 0.717) is 12.2 Å². The maximum absolute atomic E-state index is 5.90. The highest BCUT2D eigenvalue weighted by molar-refractivity contribution is 4.65. The van der Waals surface area contributed by atoms with Gasteiger partial charge in [0, 0.05) is 13.2 Å². The number of unbranched alkanes of at least 4 members (excludes halogenated alkanes) is 3. The lowest BCUT2D eigenvalue weighted by molar-refractivity contribution is 0.0482. The van der Waals surface area contributed by atoms with Crippen LogP contribution in [-0.4, -0.2) is 25.4 Å². The smallest absolute Gasteiger partial charge is 0.0575 e. The molecule has 2 aliphatic rings. The normalized spacial score (nSPS) is 28.8. The monoisotopic (exact) mass is 282 g/mol. The Morgan fingerprint density at radius 3 is 1.55 bits per heavy atom. The first-order chi connectivity index (χ1) is 9.95. The first-order valence-electron chi connectivity index (χ1n) is 9.18. The average Bonchev–Trinajstić information content (AvgIpc) is 2.87. The van der Waals surface area contributed by atoms with E-state index < -0.39 is 0 Å². The molecule has 118 valence electrons. The van der Waals surface area contributed by atoms with Gasteiger partial charge < -0.3 is 9.47 Å². The first kappa shape index (κ1) is 16.3. The van der Waals surface area contributed by atoms with Gasteiger partial charge in [0.15, 0.2) is 0 Å². The van der Waals surface area contributed by atoms with Gasteiger partial charge in [0.1, 0.15) is 0 Å². The van der Waals surface area contributed by atoms with Crippen molar-refractivity contribution in [1.29, 1.82) is 0 Å². The average molecular weight is 282 g/mol. The summed E-state index contributed by atoms with van der Waals surface area (Å²) in [4.78, 5) is 0. The van der Waals surface area contributed by atoms with Crippen molar-refractivity contribution < 1.29 is 9.47 Å². The molecule has 2 atom stereocenters. The molecule has 2 rings (SSSR count). The van der Waals surface area contributed by atoms with Crippen LogP contribution >= 0.6 is 0 Å². The SMILES string of the molecule is C(CCCC1CCCCCO1)CCC1CCCCCO1. The molecule has 0 aliphatic carbocycles. The molecule has 2 aliphatic heterocycles. The molecule has 0 saturated carbocycles. The van der Waals surface area contributed by atoms with Crippen molar-refractivity contribution in [2.75, 3.05) is 13.2 Å². The molecule has 2 nitrogen and oxygen atoms in total. The lowest BCUT2D eigenvalue weighted by Gasteiger charge is -2.16. The van der Waals surface area contributed by atoms with E-state index in [4.69, 9.17) is 9.47 Å². The van der Waals surface area contributed by atoms with Crippen LogP contribution in [0, 0.1) is 0 Å². The van der Waals surface area contributed by atoms with Crippen LogP contribution in [0.2, 0.25) is 0 Å². The van der Waals surface area contributed by atoms with Crippen molar-refractivity contribution in [3.63, 3.8) is 0 Å². The topological polar surface area (TPSA) is 18.5 Å². The van der Waals surface area contributed by atoms with Gasteiger partial charge in [-0.3, -0.25) is 0 Å². The van der Waals surface area contributed by atoms with Crippen molar-refractivity contribution in [2.24, 2.45) is 0 Å². The van der Waals surface area contributed by atoms with Gasteiger partial charge >= 0.3 is 0 Å². The molecule has 0 aromatic heterocycles. The fourth-order valence-corrected chi connectivity index (χ4v) is 3.52. The highest BCUT2D eigenvalue weighted by Crippen LogP contribution is 2.21. The van der Waals surface area contributed by atoms with Gasteiger partial charge in [-0.05, 0) is 38.5 Å². The minimum absolute atomic E-state index is 0.572. The third kappa shape index (κ3) is 7.08. The summed E-state index contributed by atoms with van der Waals surface area (Å²) in [5.74, 6) is 0. The quantitative estimate of drug-likeness (QED) is 0.594. The van der Waals surface area contributed by atoms with Gasteiger partial charge in [-0.1, -0.05) is 51.4 Å². The zero-order valence-electron chi connectivity index (χ0n) is 13.3. The van der Waals surface area contributed by atoms with E-state index in [0.717, 1.165) is 13.2 Å². The second-order valence-corrected chi connectivity index (χ2v) is 6.68. The van der Waals surface area contributed by atoms with E-state index in [9.17, 15) is 0 Å². The molecule has 0 radical (unpaired) electrons. The Bertz CT molecular complexity index is 189. The summed E-state index contributed by atoms with van der Waals surface area (Å²) in [6.07, 6.45) is 19.9. The van der Waals surface area contributed by atoms with Gasteiger partial charge in [0.25, 0.3) is 0 Å². The molecular formula is C18H34O2. The van der Waals surface area contributed by atoms with E-state index in [2.05, 4.69) is 0 Å². The molecule has 2 unspecified atom stereocenters. The second-order valence-electron chi connectivity index (χ2n) is 6.68. The summed E-state index contributed by atoms with van der Waals surface area (Å²) in [6.45, 7) is 2.01. The summed E-state index contributed by atoms with van der Waals surface area (Å²) >= 11 is 0. The van der Waals surface area contributed by atoms with E-state index in [1.54, 1.807) is 0 Å². The Kier molecular flexibility index (Phi) is 8.65. The van der Waals surface area contributed by atoms with Crippen molar-refractivity contribution in [3.05, 3.63) is 0 Å². The summed E-state index contributed by atoms with van der Waals surface area (Å²) in [5, 5.41) is 0. The highest BCUT2D eigenvalue weighted by Gasteiger charge is 2.13. The summed E-state index contributed by atoms with van der Waals surface area (Å²) < 4.78 is 11.8. The molecule has 0 aromatic rings. The fraction of sp³-hybridized carbons (Fsp3) is 1.00. The minimum Gasteiger partial charge on any atom is -0.378 e. The van der Waals surface area contributed by atoms with Crippen LogP contribution in [-0.2, 0) is 9.47 Å². The maximum atomic E-state index is 5.90. The zero-order chi connectivity index (χ0) is 13.9. The Morgan fingerprint density at radius 2 is 1.05 bits per heavy atom. The molecule has 2 fully saturated rings. The Morgan fingerprint density at radius 1 is 0.550 bits per heavy atom. The molecular weight excluding hydrogens is 248 g/mol. The van der Waals surface area contributed by atoms with Crippen molar-refractivity contribution >= 4 is 0 Å². The van der Waals surface area contributed by atoms with Gasteiger partial charge in [-0.25, -0.2) is 0 Å². The molecule has 20 heavy (non-hydrogen) atoms. The van der Waals surface area contributed by atoms with Crippen molar-refractivity contribution in [2.45, 2.75) is 102 Å². The van der Waals surface area contributed by atoms with Crippen LogP contribution in [0.3, 0.4) is 0 Å². The highest BCUT2D eigenvalue weighted by atomic mass is 16.5. The van der Waals surface area contributed by atoms with Gasteiger partial charge in [0.2, 0.25) is 0 Å². The van der Waals surface area contributed by atoms with Crippen molar-refractivity contribution in [1.82, 2.24) is 0 Å². The Balaban J connectivity index is 1.42. The van der Waals surface area contributed by atoms with E-state index in [1.165, 1.54) is 89.9 Å². The summed E-state index contributed by atoms with van der Waals surface area (Å²) in [5.41, 5.74) is 0. The van der Waals surface area contributed by atoms with E-state index in [-0.39, 0.29) is 0 Å². The van der Waals surface area contributed by atoms with Gasteiger partial charge in [-0.15, -0.1) is 0 Å². The second kappa shape index (κ2) is 10.6. The molecule has 0 N–H and O–H groups in total. The number of rotatable bonds is 7. The Hall–Kier alpha value is -0.0800. The zero-order valence-corrected chi connectivity index (χ0v) is 13.3. The van der Waals surface area contributed by atoms with Crippen LogP contribution in [0.4, 0.5) is 0 Å². The predicted octanol–water partition coefficient (Wildman–Crippen LogP) is 5.25. The fourth-order valence-electron chi connectivity index (χ4n) is 3.52. The van der Waals surface area contributed by atoms with Crippen LogP contribution < -0.4 is 0 Å². The van der Waals surface area contributed by atoms with Crippen LogP contribution in [0.15, 0.2) is 0 Å². The predicted molar refractivity (Wildman–Crippen MR) is 84.1 cm³/mol. The number of ether oxygens (including phenoxy) is 2. The van der Waals surface area contributed by atoms with E-state index in [1.807, 2.05) is 0 Å². The first-order valence-corrected chi connectivity index (χ1v) is 9.18. The lowest BCUT2D eigenvalue weighted by Crippen LogP contribution is -2.12.